The van der Waals surface area contributed by atoms with Crippen LogP contribution in [0.3, 0.4) is 0 Å². The lowest BCUT2D eigenvalue weighted by Crippen LogP contribution is -2.41. The predicted molar refractivity (Wildman–Crippen MR) is 111 cm³/mol. The Morgan fingerprint density at radius 3 is 2.35 bits per heavy atom. The molecule has 1 aromatic heterocycles. The number of hydrogen-bond donors (Lipinski definition) is 1. The van der Waals surface area contributed by atoms with Gasteiger partial charge in [0, 0.05) is 29.6 Å². The third-order valence-corrected chi connectivity index (χ3v) is 7.19. The Kier molecular flexibility index (Phi) is 6.03. The molecule has 162 valence electrons. The molecule has 2 aromatic carbocycles. The highest BCUT2D eigenvalue weighted by Gasteiger charge is 2.32. The fourth-order valence-electron chi connectivity index (χ4n) is 3.30. The van der Waals surface area contributed by atoms with Crippen LogP contribution in [0.2, 0.25) is 5.02 Å². The molecule has 1 saturated heterocycles. The number of anilines is 1. The van der Waals surface area contributed by atoms with Gasteiger partial charge in [-0.2, -0.15) is 4.31 Å². The van der Waals surface area contributed by atoms with Crippen molar-refractivity contribution >= 4 is 33.5 Å². The normalized spacial score (nSPS) is 15.7. The quantitative estimate of drug-likeness (QED) is 0.618. The number of benzene rings is 2. The first kappa shape index (κ1) is 21.4. The number of nitrogens with zero attached hydrogens (tertiary/aromatic N) is 3. The van der Waals surface area contributed by atoms with Gasteiger partial charge in [0.2, 0.25) is 21.8 Å². The van der Waals surface area contributed by atoms with Crippen molar-refractivity contribution in [2.24, 2.45) is 5.92 Å². The Morgan fingerprint density at radius 2 is 1.71 bits per heavy atom. The van der Waals surface area contributed by atoms with Gasteiger partial charge in [0.25, 0.3) is 0 Å². The van der Waals surface area contributed by atoms with Gasteiger partial charge in [0.05, 0.1) is 4.90 Å². The van der Waals surface area contributed by atoms with Crippen molar-refractivity contribution in [1.29, 1.82) is 0 Å². The lowest BCUT2D eigenvalue weighted by atomic mass is 9.97. The lowest BCUT2D eigenvalue weighted by Gasteiger charge is -2.30. The van der Waals surface area contributed by atoms with Crippen LogP contribution in [0.15, 0.2) is 57.8 Å². The van der Waals surface area contributed by atoms with E-state index < -0.39 is 15.9 Å². The van der Waals surface area contributed by atoms with Crippen LogP contribution in [-0.2, 0) is 14.8 Å². The number of carbonyl (C=O) groups is 1. The molecule has 0 bridgehead atoms. The van der Waals surface area contributed by atoms with E-state index in [0.717, 1.165) is 0 Å². The average Bonchev–Trinajstić information content (AvgIpc) is 3.23. The summed E-state index contributed by atoms with van der Waals surface area (Å²) in [5.74, 6) is -0.948. The minimum atomic E-state index is -3.64. The number of piperidine rings is 1. The number of sulfonamides is 1. The maximum atomic E-state index is 13.0. The third kappa shape index (κ3) is 4.76. The molecule has 0 saturated carbocycles. The van der Waals surface area contributed by atoms with Crippen molar-refractivity contribution < 1.29 is 22.0 Å². The molecule has 1 aliphatic rings. The van der Waals surface area contributed by atoms with E-state index in [0.29, 0.717) is 23.4 Å². The molecule has 31 heavy (non-hydrogen) atoms. The lowest BCUT2D eigenvalue weighted by molar-refractivity contribution is -0.121. The molecule has 0 spiro atoms. The molecule has 1 aliphatic heterocycles. The second-order valence-corrected chi connectivity index (χ2v) is 9.42. The summed E-state index contributed by atoms with van der Waals surface area (Å²) >= 11 is 5.83. The monoisotopic (exact) mass is 464 g/mol. The van der Waals surface area contributed by atoms with Gasteiger partial charge < -0.3 is 4.42 Å². The van der Waals surface area contributed by atoms with Gasteiger partial charge in [-0.05, 0) is 61.4 Å². The molecule has 1 N–H and O–H groups in total. The number of hydrogen-bond acceptors (Lipinski definition) is 6. The Morgan fingerprint density at radius 1 is 1.06 bits per heavy atom. The van der Waals surface area contributed by atoms with Crippen LogP contribution in [0.4, 0.5) is 10.4 Å². The van der Waals surface area contributed by atoms with E-state index in [1.54, 1.807) is 0 Å². The highest BCUT2D eigenvalue weighted by Crippen LogP contribution is 2.26. The average molecular weight is 465 g/mol. The highest BCUT2D eigenvalue weighted by molar-refractivity contribution is 7.89. The molecular weight excluding hydrogens is 447 g/mol. The van der Waals surface area contributed by atoms with E-state index in [1.165, 1.54) is 52.8 Å². The van der Waals surface area contributed by atoms with Gasteiger partial charge in [0.1, 0.15) is 5.82 Å². The smallest absolute Gasteiger partial charge is 0.322 e. The maximum absolute atomic E-state index is 13.0. The van der Waals surface area contributed by atoms with Crippen LogP contribution in [0.5, 0.6) is 0 Å². The number of rotatable bonds is 5. The Balaban J connectivity index is 1.35. The second-order valence-electron chi connectivity index (χ2n) is 7.04. The summed E-state index contributed by atoms with van der Waals surface area (Å²) < 4.78 is 45.3. The van der Waals surface area contributed by atoms with Gasteiger partial charge in [-0.3, -0.25) is 10.1 Å². The molecule has 4 rings (SSSR count). The van der Waals surface area contributed by atoms with Crippen molar-refractivity contribution in [2.75, 3.05) is 18.4 Å². The molecule has 0 aliphatic carbocycles. The molecule has 3 aromatic rings. The van der Waals surface area contributed by atoms with Crippen LogP contribution in [0, 0.1) is 11.7 Å². The van der Waals surface area contributed by atoms with Crippen molar-refractivity contribution in [1.82, 2.24) is 14.5 Å². The Labute approximate surface area is 183 Å². The SMILES string of the molecule is O=C(Nc1nnc(-c2ccc(F)cc2)o1)C1CCN(S(=O)(=O)c2ccc(Cl)cc2)CC1. The summed E-state index contributed by atoms with van der Waals surface area (Å²) in [5.41, 5.74) is 0.523. The zero-order valence-electron chi connectivity index (χ0n) is 16.2. The number of aromatic nitrogens is 2. The highest BCUT2D eigenvalue weighted by atomic mass is 35.5. The summed E-state index contributed by atoms with van der Waals surface area (Å²) in [6.07, 6.45) is 0.717. The van der Waals surface area contributed by atoms with E-state index in [9.17, 15) is 17.6 Å². The van der Waals surface area contributed by atoms with Crippen LogP contribution in [0.1, 0.15) is 12.8 Å². The molecular formula is C20H18ClFN4O4S. The standard InChI is InChI=1S/C20H18ClFN4O4S/c21-15-3-7-17(8-4-15)31(28,29)26-11-9-13(10-12-26)18(27)23-20-25-24-19(30-20)14-1-5-16(22)6-2-14/h1-8,13H,9-12H2,(H,23,25,27). The number of nitrogens with one attached hydrogen (secondary N) is 1. The zero-order chi connectivity index (χ0) is 22.0. The Hall–Kier alpha value is -2.82. The summed E-state index contributed by atoms with van der Waals surface area (Å²) in [5, 5.41) is 10.7. The molecule has 0 radical (unpaired) electrons. The largest absolute Gasteiger partial charge is 0.403 e. The van der Waals surface area contributed by atoms with Crippen molar-refractivity contribution in [3.8, 4) is 11.5 Å². The fraction of sp³-hybridized carbons (Fsp3) is 0.250. The Bertz CT molecular complexity index is 1170. The van der Waals surface area contributed by atoms with Gasteiger partial charge >= 0.3 is 6.01 Å². The second kappa shape index (κ2) is 8.74. The minimum absolute atomic E-state index is 0.0689. The number of halogens is 2. The van der Waals surface area contributed by atoms with Crippen molar-refractivity contribution in [3.63, 3.8) is 0 Å². The van der Waals surface area contributed by atoms with Gasteiger partial charge in [-0.25, -0.2) is 12.8 Å². The number of amides is 1. The molecule has 11 heteroatoms. The molecule has 2 heterocycles. The van der Waals surface area contributed by atoms with E-state index in [2.05, 4.69) is 15.5 Å². The third-order valence-electron chi connectivity index (χ3n) is 5.02. The topological polar surface area (TPSA) is 105 Å². The van der Waals surface area contributed by atoms with E-state index in [-0.39, 0.29) is 41.6 Å². The summed E-state index contributed by atoms with van der Waals surface area (Å²) in [6, 6.07) is 11.4. The first-order valence-electron chi connectivity index (χ1n) is 9.49. The summed E-state index contributed by atoms with van der Waals surface area (Å²) in [7, 11) is -3.64. The van der Waals surface area contributed by atoms with Crippen LogP contribution < -0.4 is 5.32 Å². The van der Waals surface area contributed by atoms with E-state index in [1.807, 2.05) is 0 Å². The molecule has 1 amide bonds. The van der Waals surface area contributed by atoms with E-state index >= 15 is 0 Å². The number of carbonyl (C=O) groups excluding carboxylic acids is 1. The predicted octanol–water partition coefficient (Wildman–Crippen LogP) is 3.57. The van der Waals surface area contributed by atoms with Gasteiger partial charge in [-0.1, -0.05) is 16.7 Å². The van der Waals surface area contributed by atoms with Gasteiger partial charge in [-0.15, -0.1) is 5.10 Å². The van der Waals surface area contributed by atoms with Crippen molar-refractivity contribution in [3.05, 3.63) is 59.4 Å². The molecule has 8 nitrogen and oxygen atoms in total. The van der Waals surface area contributed by atoms with Crippen molar-refractivity contribution in [2.45, 2.75) is 17.7 Å². The summed E-state index contributed by atoms with van der Waals surface area (Å²) in [6.45, 7) is 0.432. The molecule has 1 fully saturated rings. The molecule has 0 atom stereocenters. The zero-order valence-corrected chi connectivity index (χ0v) is 17.7. The fourth-order valence-corrected chi connectivity index (χ4v) is 4.90. The summed E-state index contributed by atoms with van der Waals surface area (Å²) in [4.78, 5) is 12.7. The van der Waals surface area contributed by atoms with Crippen LogP contribution in [0.25, 0.3) is 11.5 Å². The van der Waals surface area contributed by atoms with Crippen LogP contribution in [-0.4, -0.2) is 41.9 Å². The first-order valence-corrected chi connectivity index (χ1v) is 11.3. The van der Waals surface area contributed by atoms with E-state index in [4.69, 9.17) is 16.0 Å². The minimum Gasteiger partial charge on any atom is -0.403 e. The molecule has 0 unspecified atom stereocenters. The van der Waals surface area contributed by atoms with Gasteiger partial charge in [0.15, 0.2) is 0 Å². The maximum Gasteiger partial charge on any atom is 0.322 e. The van der Waals surface area contributed by atoms with Crippen LogP contribution >= 0.6 is 11.6 Å². The first-order chi connectivity index (χ1) is 14.8.